The van der Waals surface area contributed by atoms with Gasteiger partial charge in [0.25, 0.3) is 5.91 Å². The second-order valence-corrected chi connectivity index (χ2v) is 17.7. The average Bonchev–Trinajstić information content (AvgIpc) is 3.43. The number of anilines is 3. The maximum Gasteiger partial charge on any atom is 0.416 e. The summed E-state index contributed by atoms with van der Waals surface area (Å²) in [5, 5.41) is 7.56. The molecule has 3 aromatic rings. The highest BCUT2D eigenvalue weighted by molar-refractivity contribution is 6.04. The Morgan fingerprint density at radius 1 is 1.02 bits per heavy atom. The molecule has 288 valence electrons. The molecule has 12 nitrogen and oxygen atoms in total. The average molecular weight is 730 g/mol. The highest BCUT2D eigenvalue weighted by Gasteiger charge is 2.44. The largest absolute Gasteiger partial charge is 0.444 e. The van der Waals surface area contributed by atoms with Crippen LogP contribution in [0.5, 0.6) is 0 Å². The fourth-order valence-corrected chi connectivity index (χ4v) is 6.57. The fourth-order valence-electron chi connectivity index (χ4n) is 6.57. The second-order valence-electron chi connectivity index (χ2n) is 17.7. The SMILES string of the molecule is CC#CC(=O)Nc1cccc(CN(C(=O)OC(C)(C)C)c2cc(N([C@H]3CCC(C)(C)N(C(=O)OC(C)(C)C)C3)C(C)(C)C)nc3c(C(C)C)cnn23)c1. The van der Waals surface area contributed by atoms with E-state index in [1.807, 2.05) is 70.7 Å². The van der Waals surface area contributed by atoms with Gasteiger partial charge in [0, 0.05) is 41.0 Å². The minimum atomic E-state index is -0.788. The van der Waals surface area contributed by atoms with Gasteiger partial charge in [-0.3, -0.25) is 9.69 Å². The molecule has 3 amide bonds. The Balaban J connectivity index is 1.91. The lowest BCUT2D eigenvalue weighted by molar-refractivity contribution is -0.111. The molecule has 0 unspecified atom stereocenters. The quantitative estimate of drug-likeness (QED) is 0.240. The lowest BCUT2D eigenvalue weighted by atomic mass is 9.86. The number of piperidine rings is 1. The third-order valence-corrected chi connectivity index (χ3v) is 8.91. The normalized spacial score (nSPS) is 16.1. The third-order valence-electron chi connectivity index (χ3n) is 8.91. The van der Waals surface area contributed by atoms with Crippen molar-refractivity contribution < 1.29 is 23.9 Å². The first-order valence-electron chi connectivity index (χ1n) is 18.4. The second kappa shape index (κ2) is 15.3. The highest BCUT2D eigenvalue weighted by atomic mass is 16.6. The van der Waals surface area contributed by atoms with Crippen LogP contribution in [0.3, 0.4) is 0 Å². The molecule has 1 aliphatic rings. The maximum atomic E-state index is 14.3. The summed E-state index contributed by atoms with van der Waals surface area (Å²) in [6, 6.07) is 9.05. The topological polar surface area (TPSA) is 122 Å². The van der Waals surface area contributed by atoms with Gasteiger partial charge in [-0.25, -0.2) is 14.6 Å². The standard InChI is InChI=1S/C41H59N7O5/c1-15-17-33(49)43-29-19-16-18-28(22-29)25-45(36(50)52-39(7,8)9)34-23-32(44-35-31(27(2)3)24-42-48(34)35)47(38(4,5)6)30-20-21-41(13,14)46(26-30)37(51)53-40(10,11)12/h16,18-19,22-24,27,30H,20-21,25-26H2,1-14H3,(H,43,49)/t30-/m0/s1. The molecule has 1 fully saturated rings. The molecule has 1 aromatic carbocycles. The van der Waals surface area contributed by atoms with Gasteiger partial charge in [0.05, 0.1) is 12.7 Å². The van der Waals surface area contributed by atoms with Crippen molar-refractivity contribution in [2.45, 2.75) is 151 Å². The molecular formula is C41H59N7O5. The van der Waals surface area contributed by atoms with E-state index in [-0.39, 0.29) is 24.6 Å². The van der Waals surface area contributed by atoms with Gasteiger partial charge in [-0.15, -0.1) is 0 Å². The van der Waals surface area contributed by atoms with Crippen molar-refractivity contribution in [3.05, 3.63) is 47.7 Å². The van der Waals surface area contributed by atoms with E-state index in [1.54, 1.807) is 28.6 Å². The monoisotopic (exact) mass is 729 g/mol. The molecule has 1 atom stereocenters. The number of nitrogens with zero attached hydrogens (tertiary/aromatic N) is 6. The number of nitrogens with one attached hydrogen (secondary N) is 1. The number of benzene rings is 1. The van der Waals surface area contributed by atoms with Crippen LogP contribution in [0.4, 0.5) is 26.9 Å². The molecule has 0 radical (unpaired) electrons. The molecule has 0 saturated carbocycles. The van der Waals surface area contributed by atoms with Crippen LogP contribution in [-0.4, -0.2) is 72.5 Å². The van der Waals surface area contributed by atoms with Crippen molar-refractivity contribution in [3.63, 3.8) is 0 Å². The third kappa shape index (κ3) is 10.2. The van der Waals surface area contributed by atoms with Gasteiger partial charge in [0.2, 0.25) is 0 Å². The van der Waals surface area contributed by atoms with Gasteiger partial charge in [-0.2, -0.15) is 9.61 Å². The van der Waals surface area contributed by atoms with E-state index in [1.165, 1.54) is 0 Å². The molecule has 1 N–H and O–H groups in total. The molecule has 53 heavy (non-hydrogen) atoms. The summed E-state index contributed by atoms with van der Waals surface area (Å²) in [6.45, 7) is 28.0. The summed E-state index contributed by atoms with van der Waals surface area (Å²) in [5.74, 6) is 5.88. The number of hydrogen-bond donors (Lipinski definition) is 1. The zero-order valence-electron chi connectivity index (χ0n) is 34.2. The predicted octanol–water partition coefficient (Wildman–Crippen LogP) is 8.54. The minimum absolute atomic E-state index is 0.0887. The van der Waals surface area contributed by atoms with Crippen molar-refractivity contribution in [2.75, 3.05) is 21.7 Å². The van der Waals surface area contributed by atoms with E-state index >= 15 is 0 Å². The van der Waals surface area contributed by atoms with Crippen molar-refractivity contribution in [1.29, 1.82) is 0 Å². The van der Waals surface area contributed by atoms with E-state index in [2.05, 4.69) is 70.5 Å². The highest BCUT2D eigenvalue weighted by Crippen LogP contribution is 2.38. The van der Waals surface area contributed by atoms with Crippen LogP contribution in [0.2, 0.25) is 0 Å². The summed E-state index contributed by atoms with van der Waals surface area (Å²) in [7, 11) is 0. The predicted molar refractivity (Wildman–Crippen MR) is 210 cm³/mol. The van der Waals surface area contributed by atoms with Crippen LogP contribution >= 0.6 is 0 Å². The Morgan fingerprint density at radius 2 is 1.68 bits per heavy atom. The first-order chi connectivity index (χ1) is 24.4. The first-order valence-corrected chi connectivity index (χ1v) is 18.4. The molecule has 0 aliphatic carbocycles. The number of amides is 3. The fraction of sp³-hybridized carbons (Fsp3) is 0.585. The number of rotatable bonds is 7. The van der Waals surface area contributed by atoms with Gasteiger partial charge in [0.1, 0.15) is 22.8 Å². The lowest BCUT2D eigenvalue weighted by Gasteiger charge is -2.51. The molecule has 12 heteroatoms. The van der Waals surface area contributed by atoms with Gasteiger partial charge in [-0.05, 0) is 125 Å². The molecule has 0 spiro atoms. The summed E-state index contributed by atoms with van der Waals surface area (Å²) in [5.41, 5.74) is 0.556. The van der Waals surface area contributed by atoms with Gasteiger partial charge in [-0.1, -0.05) is 31.9 Å². The number of carbonyl (C=O) groups is 3. The number of carbonyl (C=O) groups excluding carboxylic acids is 3. The Hall–Kier alpha value is -4.79. The van der Waals surface area contributed by atoms with Crippen molar-refractivity contribution in [1.82, 2.24) is 19.5 Å². The van der Waals surface area contributed by atoms with Gasteiger partial charge in [0.15, 0.2) is 5.65 Å². The molecule has 3 heterocycles. The van der Waals surface area contributed by atoms with Crippen LogP contribution in [0.15, 0.2) is 36.5 Å². The molecular weight excluding hydrogens is 670 g/mol. The number of ether oxygens (including phenoxy) is 2. The zero-order chi connectivity index (χ0) is 39.7. The molecule has 4 rings (SSSR count). The minimum Gasteiger partial charge on any atom is -0.444 e. The Bertz CT molecular complexity index is 1880. The Kier molecular flexibility index (Phi) is 11.8. The number of likely N-dealkylation sites (tertiary alicyclic amines) is 1. The molecule has 0 bridgehead atoms. The van der Waals surface area contributed by atoms with Crippen LogP contribution in [0.1, 0.15) is 127 Å². The van der Waals surface area contributed by atoms with Gasteiger partial charge < -0.3 is 24.6 Å². The van der Waals surface area contributed by atoms with E-state index in [9.17, 15) is 14.4 Å². The summed E-state index contributed by atoms with van der Waals surface area (Å²) in [4.78, 5) is 51.1. The van der Waals surface area contributed by atoms with Crippen LogP contribution in [0, 0.1) is 11.8 Å². The maximum absolute atomic E-state index is 14.3. The van der Waals surface area contributed by atoms with E-state index in [0.717, 1.165) is 24.0 Å². The van der Waals surface area contributed by atoms with Crippen LogP contribution in [-0.2, 0) is 20.8 Å². The number of fused-ring (bicyclic) bond motifs is 1. The Morgan fingerprint density at radius 3 is 2.26 bits per heavy atom. The van der Waals surface area contributed by atoms with Crippen LogP contribution < -0.4 is 15.1 Å². The smallest absolute Gasteiger partial charge is 0.416 e. The molecule has 2 aromatic heterocycles. The van der Waals surface area contributed by atoms with Crippen molar-refractivity contribution >= 4 is 41.1 Å². The summed E-state index contributed by atoms with van der Waals surface area (Å²) in [6.07, 6.45) is 2.44. The van der Waals surface area contributed by atoms with E-state index < -0.39 is 34.3 Å². The Labute approximate surface area is 315 Å². The zero-order valence-corrected chi connectivity index (χ0v) is 34.2. The van der Waals surface area contributed by atoms with Crippen molar-refractivity contribution in [2.24, 2.45) is 0 Å². The van der Waals surface area contributed by atoms with E-state index in [4.69, 9.17) is 19.6 Å². The lowest BCUT2D eigenvalue weighted by Crippen LogP contribution is -2.62. The van der Waals surface area contributed by atoms with Crippen LogP contribution in [0.25, 0.3) is 5.65 Å². The number of hydrogen-bond acceptors (Lipinski definition) is 8. The summed E-state index contributed by atoms with van der Waals surface area (Å²) < 4.78 is 13.6. The molecule has 1 saturated heterocycles. The summed E-state index contributed by atoms with van der Waals surface area (Å²) >= 11 is 0. The molecule has 1 aliphatic heterocycles. The van der Waals surface area contributed by atoms with Crippen molar-refractivity contribution in [3.8, 4) is 11.8 Å². The number of aromatic nitrogens is 3. The van der Waals surface area contributed by atoms with Gasteiger partial charge >= 0.3 is 12.2 Å². The van der Waals surface area contributed by atoms with E-state index in [0.29, 0.717) is 29.5 Å². The first kappa shape index (κ1) is 41.0.